The van der Waals surface area contributed by atoms with Gasteiger partial charge in [0.05, 0.1) is 16.3 Å². The highest BCUT2D eigenvalue weighted by atomic mass is 32.2. The molecule has 2 unspecified atom stereocenters. The Labute approximate surface area is 166 Å². The highest BCUT2D eigenvalue weighted by Crippen LogP contribution is 2.37. The fourth-order valence-electron chi connectivity index (χ4n) is 3.50. The summed E-state index contributed by atoms with van der Waals surface area (Å²) < 4.78 is 1.68. The van der Waals surface area contributed by atoms with Crippen LogP contribution in [-0.4, -0.2) is 20.6 Å². The van der Waals surface area contributed by atoms with Gasteiger partial charge in [0.1, 0.15) is 10.6 Å². The number of hydrogen-bond acceptors (Lipinski definition) is 5. The molecule has 2 heterocycles. The molecule has 0 saturated heterocycles. The molecule has 1 aliphatic rings. The first-order valence-electron chi connectivity index (χ1n) is 9.25. The van der Waals surface area contributed by atoms with E-state index in [1.165, 1.54) is 22.2 Å². The maximum atomic E-state index is 13.5. The van der Waals surface area contributed by atoms with Gasteiger partial charge in [-0.15, -0.1) is 11.3 Å². The predicted octanol–water partition coefficient (Wildman–Crippen LogP) is 4.64. The zero-order valence-electron chi connectivity index (χ0n) is 15.7. The number of carbonyl (C=O) groups excluding carboxylic acids is 1. The summed E-state index contributed by atoms with van der Waals surface area (Å²) >= 11 is 3.01. The summed E-state index contributed by atoms with van der Waals surface area (Å²) in [7, 11) is 0. The van der Waals surface area contributed by atoms with Crippen LogP contribution in [0.3, 0.4) is 0 Å². The van der Waals surface area contributed by atoms with Crippen molar-refractivity contribution in [1.29, 1.82) is 0 Å². The van der Waals surface area contributed by atoms with Crippen molar-refractivity contribution in [3.05, 3.63) is 51.1 Å². The van der Waals surface area contributed by atoms with E-state index in [9.17, 15) is 9.59 Å². The Bertz CT molecular complexity index is 1070. The van der Waals surface area contributed by atoms with E-state index in [-0.39, 0.29) is 16.6 Å². The van der Waals surface area contributed by atoms with E-state index in [4.69, 9.17) is 4.98 Å². The van der Waals surface area contributed by atoms with Crippen LogP contribution in [0.15, 0.2) is 40.3 Å². The molecular weight excluding hydrogens is 376 g/mol. The van der Waals surface area contributed by atoms with Gasteiger partial charge < -0.3 is 0 Å². The van der Waals surface area contributed by atoms with Gasteiger partial charge in [0.15, 0.2) is 5.16 Å². The van der Waals surface area contributed by atoms with Gasteiger partial charge in [-0.3, -0.25) is 14.2 Å². The van der Waals surface area contributed by atoms with Crippen LogP contribution in [-0.2, 0) is 17.6 Å². The van der Waals surface area contributed by atoms with E-state index < -0.39 is 0 Å². The maximum absolute atomic E-state index is 13.5. The molecular formula is C21H22N2O2S2. The summed E-state index contributed by atoms with van der Waals surface area (Å²) in [4.78, 5) is 32.3. The molecule has 4 rings (SSSR count). The number of para-hydroxylation sites is 1. The third-order valence-corrected chi connectivity index (χ3v) is 7.49. The van der Waals surface area contributed by atoms with Gasteiger partial charge in [0.2, 0.25) is 0 Å². The van der Waals surface area contributed by atoms with Crippen molar-refractivity contribution in [3.63, 3.8) is 0 Å². The number of aryl methyl sites for hydroxylation is 1. The normalized spacial score (nSPS) is 17.7. The molecule has 0 spiro atoms. The third kappa shape index (κ3) is 3.36. The average Bonchev–Trinajstić information content (AvgIpc) is 2.99. The van der Waals surface area contributed by atoms with E-state index in [0.29, 0.717) is 11.1 Å². The first-order chi connectivity index (χ1) is 13.0. The van der Waals surface area contributed by atoms with Gasteiger partial charge in [-0.05, 0) is 56.7 Å². The zero-order chi connectivity index (χ0) is 19.1. The van der Waals surface area contributed by atoms with E-state index in [1.807, 2.05) is 37.3 Å². The second-order valence-corrected chi connectivity index (χ2v) is 9.66. The molecule has 3 aromatic rings. The van der Waals surface area contributed by atoms with Crippen molar-refractivity contribution >= 4 is 39.1 Å². The van der Waals surface area contributed by atoms with E-state index in [1.54, 1.807) is 22.8 Å². The monoisotopic (exact) mass is 398 g/mol. The number of nitrogens with zero attached hydrogens (tertiary/aromatic N) is 2. The fourth-order valence-corrected chi connectivity index (χ4v) is 5.85. The minimum absolute atomic E-state index is 0.0171. The second-order valence-electron chi connectivity index (χ2n) is 7.27. The molecule has 0 saturated carbocycles. The average molecular weight is 399 g/mol. The Kier molecular flexibility index (Phi) is 4.95. The highest BCUT2D eigenvalue weighted by molar-refractivity contribution is 8.00. The summed E-state index contributed by atoms with van der Waals surface area (Å²) in [6, 6.07) is 9.59. The molecule has 0 amide bonds. The van der Waals surface area contributed by atoms with Crippen LogP contribution >= 0.6 is 23.1 Å². The Hall–Kier alpha value is -1.92. The number of ketones is 1. The maximum Gasteiger partial charge on any atom is 0.267 e. The van der Waals surface area contributed by atoms with Gasteiger partial charge >= 0.3 is 0 Å². The smallest absolute Gasteiger partial charge is 0.267 e. The van der Waals surface area contributed by atoms with Crippen LogP contribution in [0.25, 0.3) is 15.9 Å². The van der Waals surface area contributed by atoms with Gasteiger partial charge in [0, 0.05) is 4.88 Å². The molecule has 2 aromatic heterocycles. The number of benzene rings is 1. The molecule has 140 valence electrons. The van der Waals surface area contributed by atoms with Crippen LogP contribution in [0, 0.1) is 5.92 Å². The molecule has 0 radical (unpaired) electrons. The Morgan fingerprint density at radius 1 is 1.33 bits per heavy atom. The molecule has 1 aromatic carbocycles. The summed E-state index contributed by atoms with van der Waals surface area (Å²) in [5, 5.41) is 1.11. The lowest BCUT2D eigenvalue weighted by molar-refractivity contribution is -0.116. The number of aromatic nitrogens is 2. The number of carbonyl (C=O) groups is 1. The largest absolute Gasteiger partial charge is 0.299 e. The molecule has 0 N–H and O–H groups in total. The summed E-state index contributed by atoms with van der Waals surface area (Å²) in [6.45, 7) is 5.70. The molecule has 27 heavy (non-hydrogen) atoms. The lowest BCUT2D eigenvalue weighted by atomic mass is 9.89. The quantitative estimate of drug-likeness (QED) is 0.474. The van der Waals surface area contributed by atoms with E-state index in [2.05, 4.69) is 6.92 Å². The van der Waals surface area contributed by atoms with E-state index in [0.717, 1.165) is 35.2 Å². The van der Waals surface area contributed by atoms with Gasteiger partial charge in [0.25, 0.3) is 5.56 Å². The van der Waals surface area contributed by atoms with E-state index >= 15 is 0 Å². The Balaban J connectivity index is 1.97. The number of Topliss-reactive ketones (excluding diaryl/α,β-unsaturated/α-hetero) is 1. The minimum Gasteiger partial charge on any atom is -0.299 e. The second kappa shape index (κ2) is 7.24. The first-order valence-corrected chi connectivity index (χ1v) is 10.9. The van der Waals surface area contributed by atoms with Crippen molar-refractivity contribution < 1.29 is 4.79 Å². The highest BCUT2D eigenvalue weighted by Gasteiger charge is 2.26. The van der Waals surface area contributed by atoms with Crippen LogP contribution in [0.1, 0.15) is 37.6 Å². The number of thiophene rings is 1. The number of hydrogen-bond donors (Lipinski definition) is 0. The molecule has 0 fully saturated rings. The minimum atomic E-state index is -0.251. The van der Waals surface area contributed by atoms with Gasteiger partial charge in [-0.2, -0.15) is 0 Å². The van der Waals surface area contributed by atoms with Crippen molar-refractivity contribution in [1.82, 2.24) is 9.55 Å². The van der Waals surface area contributed by atoms with Gasteiger partial charge in [-0.1, -0.05) is 36.9 Å². The molecule has 0 aliphatic heterocycles. The van der Waals surface area contributed by atoms with Crippen LogP contribution in [0.4, 0.5) is 0 Å². The summed E-state index contributed by atoms with van der Waals surface area (Å²) in [5.41, 5.74) is 1.96. The lowest BCUT2D eigenvalue weighted by Crippen LogP contribution is -2.23. The Morgan fingerprint density at radius 2 is 2.07 bits per heavy atom. The van der Waals surface area contributed by atoms with Crippen molar-refractivity contribution in [2.45, 2.75) is 50.4 Å². The van der Waals surface area contributed by atoms with Crippen molar-refractivity contribution in [2.75, 3.05) is 0 Å². The summed E-state index contributed by atoms with van der Waals surface area (Å²) in [5.74, 6) is 0.724. The number of rotatable bonds is 4. The van der Waals surface area contributed by atoms with Crippen molar-refractivity contribution in [3.8, 4) is 5.69 Å². The van der Waals surface area contributed by atoms with Crippen molar-refractivity contribution in [2.24, 2.45) is 5.92 Å². The predicted molar refractivity (Wildman–Crippen MR) is 112 cm³/mol. The molecule has 1 aliphatic carbocycles. The first kappa shape index (κ1) is 18.4. The fraction of sp³-hybridized carbons (Fsp3) is 0.381. The third-order valence-electron chi connectivity index (χ3n) is 5.17. The number of thioether (sulfide) groups is 1. The van der Waals surface area contributed by atoms with Crippen LogP contribution in [0.5, 0.6) is 0 Å². The van der Waals surface area contributed by atoms with Crippen LogP contribution in [0.2, 0.25) is 0 Å². The lowest BCUT2D eigenvalue weighted by Gasteiger charge is -2.18. The SMILES string of the molecule is CC(=O)C(C)Sc1nc2sc3c(c2c(=O)n1-c1ccccc1)CCC(C)C3. The topological polar surface area (TPSA) is 52.0 Å². The van der Waals surface area contributed by atoms with Crippen LogP contribution < -0.4 is 5.56 Å². The zero-order valence-corrected chi connectivity index (χ0v) is 17.3. The summed E-state index contributed by atoms with van der Waals surface area (Å²) in [6.07, 6.45) is 3.08. The number of fused-ring (bicyclic) bond motifs is 3. The standard InChI is InChI=1S/C21H22N2O2S2/c1-12-9-10-16-17(11-12)27-19-18(16)20(25)23(15-7-5-4-6-8-15)21(22-19)26-14(3)13(2)24/h4-8,12,14H,9-11H2,1-3H3. The molecule has 0 bridgehead atoms. The molecule has 6 heteroatoms. The Morgan fingerprint density at radius 3 is 2.78 bits per heavy atom. The van der Waals surface area contributed by atoms with Gasteiger partial charge in [-0.25, -0.2) is 4.98 Å². The molecule has 4 nitrogen and oxygen atoms in total. The molecule has 2 atom stereocenters.